The molecule has 1 atom stereocenters. The van der Waals surface area contributed by atoms with Gasteiger partial charge in [-0.05, 0) is 25.0 Å². The molecule has 0 saturated carbocycles. The Morgan fingerprint density at radius 1 is 1.50 bits per heavy atom. The van der Waals surface area contributed by atoms with Gasteiger partial charge in [-0.3, -0.25) is 4.79 Å². The van der Waals surface area contributed by atoms with Crippen LogP contribution in [0.1, 0.15) is 30.9 Å². The predicted molar refractivity (Wildman–Crippen MR) is 70.6 cm³/mol. The summed E-state index contributed by atoms with van der Waals surface area (Å²) in [5.74, 6) is -0.0476. The van der Waals surface area contributed by atoms with Gasteiger partial charge in [-0.15, -0.1) is 0 Å². The van der Waals surface area contributed by atoms with Crippen LogP contribution in [-0.2, 0) is 11.2 Å². The number of ether oxygens (including phenoxy) is 2. The fraction of sp³-hybridized carbons (Fsp3) is 0.462. The van der Waals surface area contributed by atoms with E-state index in [4.69, 9.17) is 9.47 Å². The number of fused-ring (bicyclic) bond motifs is 1. The molecule has 1 aromatic carbocycles. The normalized spacial score (nSPS) is 15.3. The van der Waals surface area contributed by atoms with Crippen LogP contribution < -0.4 is 9.47 Å². The quantitative estimate of drug-likeness (QED) is 0.932. The third kappa shape index (κ3) is 2.19. The van der Waals surface area contributed by atoms with Gasteiger partial charge in [0, 0.05) is 10.0 Å². The molecule has 0 amide bonds. The smallest absolute Gasteiger partial charge is 0.310 e. The Kier molecular flexibility index (Phi) is 3.80. The number of carboxylic acids is 1. The van der Waals surface area contributed by atoms with E-state index in [1.165, 1.54) is 0 Å². The molecule has 1 aliphatic heterocycles. The van der Waals surface area contributed by atoms with E-state index in [1.807, 2.05) is 6.92 Å². The van der Waals surface area contributed by atoms with Crippen LogP contribution in [0.4, 0.5) is 0 Å². The zero-order chi connectivity index (χ0) is 13.3. The van der Waals surface area contributed by atoms with Crippen LogP contribution in [0.25, 0.3) is 0 Å². The molecule has 1 unspecified atom stereocenters. The van der Waals surface area contributed by atoms with Crippen molar-refractivity contribution in [3.8, 4) is 11.5 Å². The van der Waals surface area contributed by atoms with E-state index in [0.29, 0.717) is 31.1 Å². The maximum absolute atomic E-state index is 11.2. The van der Waals surface area contributed by atoms with E-state index in [2.05, 4.69) is 15.9 Å². The number of carboxylic acid groups (broad SMARTS) is 1. The molecule has 0 aliphatic carbocycles. The van der Waals surface area contributed by atoms with Crippen molar-refractivity contribution in [3.63, 3.8) is 0 Å². The zero-order valence-electron chi connectivity index (χ0n) is 10.3. The Labute approximate surface area is 114 Å². The summed E-state index contributed by atoms with van der Waals surface area (Å²) in [6.45, 7) is 4.69. The van der Waals surface area contributed by atoms with Crippen molar-refractivity contribution in [2.45, 2.75) is 26.2 Å². The molecule has 1 heterocycles. The van der Waals surface area contributed by atoms with E-state index in [0.717, 1.165) is 15.6 Å². The minimum Gasteiger partial charge on any atom is -0.486 e. The van der Waals surface area contributed by atoms with Crippen molar-refractivity contribution < 1.29 is 19.4 Å². The van der Waals surface area contributed by atoms with Crippen LogP contribution in [0.3, 0.4) is 0 Å². The predicted octanol–water partition coefficient (Wildman–Crippen LogP) is 2.97. The van der Waals surface area contributed by atoms with Crippen LogP contribution in [0.5, 0.6) is 11.5 Å². The molecule has 98 valence electrons. The van der Waals surface area contributed by atoms with Gasteiger partial charge in [-0.2, -0.15) is 0 Å². The number of carbonyl (C=O) groups is 1. The van der Waals surface area contributed by atoms with Crippen LogP contribution in [-0.4, -0.2) is 24.3 Å². The lowest BCUT2D eigenvalue weighted by atomic mass is 9.93. The number of rotatable bonds is 3. The second-order valence-electron chi connectivity index (χ2n) is 4.19. The Balaban J connectivity index is 2.61. The van der Waals surface area contributed by atoms with Gasteiger partial charge < -0.3 is 14.6 Å². The van der Waals surface area contributed by atoms with Crippen LogP contribution in [0.2, 0.25) is 0 Å². The topological polar surface area (TPSA) is 55.8 Å². The van der Waals surface area contributed by atoms with Crippen LogP contribution in [0.15, 0.2) is 10.5 Å². The van der Waals surface area contributed by atoms with Gasteiger partial charge in [-0.1, -0.05) is 22.9 Å². The minimum absolute atomic E-state index is 0.503. The highest BCUT2D eigenvalue weighted by Crippen LogP contribution is 2.43. The van der Waals surface area contributed by atoms with Gasteiger partial charge in [0.1, 0.15) is 13.2 Å². The SMILES string of the molecule is CCc1c2c(cc(Br)c1C(C)C(=O)O)OCCO2. The standard InChI is InChI=1S/C13H15BrO4/c1-3-8-11(7(2)13(15)16)9(14)6-10-12(8)18-5-4-17-10/h6-7H,3-5H2,1-2H3,(H,15,16). The minimum atomic E-state index is -0.845. The first-order valence-corrected chi connectivity index (χ1v) is 6.69. The molecule has 0 fully saturated rings. The number of hydrogen-bond acceptors (Lipinski definition) is 3. The summed E-state index contributed by atoms with van der Waals surface area (Å²) in [6, 6.07) is 1.79. The Hall–Kier alpha value is -1.23. The monoisotopic (exact) mass is 314 g/mol. The average molecular weight is 315 g/mol. The van der Waals surface area contributed by atoms with Gasteiger partial charge in [0.05, 0.1) is 5.92 Å². The van der Waals surface area contributed by atoms with Crippen molar-refractivity contribution in [2.75, 3.05) is 13.2 Å². The van der Waals surface area contributed by atoms with Gasteiger partial charge in [0.15, 0.2) is 11.5 Å². The maximum atomic E-state index is 11.2. The summed E-state index contributed by atoms with van der Waals surface area (Å²) in [6.07, 6.45) is 0.706. The summed E-state index contributed by atoms with van der Waals surface area (Å²) in [5, 5.41) is 9.19. The first kappa shape index (κ1) is 13.2. The van der Waals surface area contributed by atoms with E-state index in [1.54, 1.807) is 13.0 Å². The molecular formula is C13H15BrO4. The molecule has 2 rings (SSSR count). The first-order chi connectivity index (χ1) is 8.56. The Morgan fingerprint density at radius 3 is 2.78 bits per heavy atom. The highest BCUT2D eigenvalue weighted by Gasteiger charge is 2.26. The number of aliphatic carboxylic acids is 1. The lowest BCUT2D eigenvalue weighted by Gasteiger charge is -2.25. The molecule has 0 aromatic heterocycles. The summed E-state index contributed by atoms with van der Waals surface area (Å²) in [7, 11) is 0. The van der Waals surface area contributed by atoms with Crippen LogP contribution >= 0.6 is 15.9 Å². The van der Waals surface area contributed by atoms with Crippen molar-refractivity contribution >= 4 is 21.9 Å². The average Bonchev–Trinajstić information content (AvgIpc) is 2.36. The molecule has 1 N–H and O–H groups in total. The third-order valence-corrected chi connectivity index (χ3v) is 3.74. The maximum Gasteiger partial charge on any atom is 0.310 e. The van der Waals surface area contributed by atoms with E-state index in [-0.39, 0.29) is 0 Å². The number of halogens is 1. The molecule has 4 nitrogen and oxygen atoms in total. The molecular weight excluding hydrogens is 300 g/mol. The molecule has 18 heavy (non-hydrogen) atoms. The summed E-state index contributed by atoms with van der Waals surface area (Å²) >= 11 is 3.44. The van der Waals surface area contributed by atoms with Gasteiger partial charge in [-0.25, -0.2) is 0 Å². The Bertz CT molecular complexity index is 484. The van der Waals surface area contributed by atoms with Crippen LogP contribution in [0, 0.1) is 0 Å². The highest BCUT2D eigenvalue weighted by atomic mass is 79.9. The fourth-order valence-electron chi connectivity index (χ4n) is 2.18. The lowest BCUT2D eigenvalue weighted by Crippen LogP contribution is -2.19. The summed E-state index contributed by atoms with van der Waals surface area (Å²) in [5.41, 5.74) is 1.68. The molecule has 5 heteroatoms. The molecule has 0 radical (unpaired) electrons. The van der Waals surface area contributed by atoms with Crippen molar-refractivity contribution in [1.29, 1.82) is 0 Å². The fourth-order valence-corrected chi connectivity index (χ4v) is 2.97. The largest absolute Gasteiger partial charge is 0.486 e. The first-order valence-electron chi connectivity index (χ1n) is 5.90. The molecule has 1 aromatic rings. The number of benzene rings is 1. The second-order valence-corrected chi connectivity index (χ2v) is 5.04. The highest BCUT2D eigenvalue weighted by molar-refractivity contribution is 9.10. The van der Waals surface area contributed by atoms with Crippen molar-refractivity contribution in [2.24, 2.45) is 0 Å². The molecule has 0 saturated heterocycles. The van der Waals surface area contributed by atoms with Gasteiger partial charge in [0.2, 0.25) is 0 Å². The molecule has 0 spiro atoms. The number of hydrogen-bond donors (Lipinski definition) is 1. The van der Waals surface area contributed by atoms with E-state index < -0.39 is 11.9 Å². The Morgan fingerprint density at radius 2 is 2.17 bits per heavy atom. The third-order valence-electron chi connectivity index (χ3n) is 3.08. The van der Waals surface area contributed by atoms with Crippen molar-refractivity contribution in [3.05, 3.63) is 21.7 Å². The summed E-state index contributed by atoms with van der Waals surface area (Å²) < 4.78 is 11.9. The van der Waals surface area contributed by atoms with E-state index >= 15 is 0 Å². The lowest BCUT2D eigenvalue weighted by molar-refractivity contribution is -0.138. The van der Waals surface area contributed by atoms with E-state index in [9.17, 15) is 9.90 Å². The van der Waals surface area contributed by atoms with Gasteiger partial charge in [0.25, 0.3) is 0 Å². The second kappa shape index (κ2) is 5.18. The van der Waals surface area contributed by atoms with Crippen molar-refractivity contribution in [1.82, 2.24) is 0 Å². The van der Waals surface area contributed by atoms with Gasteiger partial charge >= 0.3 is 5.97 Å². The summed E-state index contributed by atoms with van der Waals surface area (Å²) in [4.78, 5) is 11.2. The molecule has 1 aliphatic rings. The zero-order valence-corrected chi connectivity index (χ0v) is 11.9. The molecule has 0 bridgehead atoms.